The van der Waals surface area contributed by atoms with Crippen molar-refractivity contribution in [3.63, 3.8) is 0 Å². The van der Waals surface area contributed by atoms with Crippen molar-refractivity contribution >= 4 is 11.6 Å². The van der Waals surface area contributed by atoms with Crippen LogP contribution in [-0.4, -0.2) is 4.98 Å². The first-order chi connectivity index (χ1) is 8.58. The van der Waals surface area contributed by atoms with Crippen molar-refractivity contribution in [2.75, 3.05) is 0 Å². The zero-order valence-electron chi connectivity index (χ0n) is 10.5. The molecular weight excluding hydrogens is 249 g/mol. The Kier molecular flexibility index (Phi) is 3.97. The minimum atomic E-state index is -0.198. The molecule has 1 nitrogen and oxygen atoms in total. The molecule has 0 N–H and O–H groups in total. The first-order valence-corrected chi connectivity index (χ1v) is 6.32. The Morgan fingerprint density at radius 1 is 1.22 bits per heavy atom. The van der Waals surface area contributed by atoms with Crippen molar-refractivity contribution < 1.29 is 4.39 Å². The molecule has 0 bridgehead atoms. The topological polar surface area (TPSA) is 12.9 Å². The van der Waals surface area contributed by atoms with Crippen LogP contribution in [0.15, 0.2) is 36.5 Å². The van der Waals surface area contributed by atoms with Crippen LogP contribution in [-0.2, 0) is 6.42 Å². The van der Waals surface area contributed by atoms with Crippen molar-refractivity contribution in [2.24, 2.45) is 0 Å². The lowest BCUT2D eigenvalue weighted by molar-refractivity contribution is 0.617. The Bertz CT molecular complexity index is 554. The van der Waals surface area contributed by atoms with E-state index in [1.165, 1.54) is 6.07 Å². The highest BCUT2D eigenvalue weighted by molar-refractivity contribution is 6.20. The van der Waals surface area contributed by atoms with E-state index in [9.17, 15) is 4.39 Å². The third kappa shape index (κ3) is 2.88. The monoisotopic (exact) mass is 263 g/mol. The summed E-state index contributed by atoms with van der Waals surface area (Å²) in [6, 6.07) is 8.92. The second kappa shape index (κ2) is 5.49. The van der Waals surface area contributed by atoms with Crippen LogP contribution in [0.2, 0.25) is 0 Å². The van der Waals surface area contributed by atoms with Gasteiger partial charge in [0.05, 0.1) is 5.38 Å². The summed E-state index contributed by atoms with van der Waals surface area (Å²) in [6.07, 6.45) is 2.42. The van der Waals surface area contributed by atoms with Crippen LogP contribution < -0.4 is 0 Å². The standard InChI is InChI=1S/C15H15ClFN/c1-10-4-3-7-18-15(10)9-13(16)12-5-6-14(17)11(2)8-12/h3-8,13H,9H2,1-2H3. The summed E-state index contributed by atoms with van der Waals surface area (Å²) in [6.45, 7) is 3.76. The zero-order chi connectivity index (χ0) is 13.1. The van der Waals surface area contributed by atoms with Gasteiger partial charge in [-0.25, -0.2) is 4.39 Å². The number of hydrogen-bond donors (Lipinski definition) is 0. The summed E-state index contributed by atoms with van der Waals surface area (Å²) in [5.74, 6) is -0.198. The van der Waals surface area contributed by atoms with Gasteiger partial charge in [0.25, 0.3) is 0 Å². The van der Waals surface area contributed by atoms with Crippen LogP contribution in [0.5, 0.6) is 0 Å². The molecule has 1 atom stereocenters. The number of benzene rings is 1. The molecule has 94 valence electrons. The third-order valence-corrected chi connectivity index (χ3v) is 3.44. The Morgan fingerprint density at radius 3 is 2.67 bits per heavy atom. The number of nitrogens with zero attached hydrogens (tertiary/aromatic N) is 1. The van der Waals surface area contributed by atoms with E-state index in [0.717, 1.165) is 16.8 Å². The summed E-state index contributed by atoms with van der Waals surface area (Å²) in [5, 5.41) is -0.183. The second-order valence-electron chi connectivity index (χ2n) is 4.45. The third-order valence-electron chi connectivity index (χ3n) is 3.03. The number of aryl methyl sites for hydroxylation is 2. The molecular formula is C15H15ClFN. The number of pyridine rings is 1. The van der Waals surface area contributed by atoms with E-state index in [1.807, 2.05) is 19.1 Å². The average Bonchev–Trinajstić information content (AvgIpc) is 2.35. The fourth-order valence-corrected chi connectivity index (χ4v) is 2.16. The van der Waals surface area contributed by atoms with Gasteiger partial charge in [0.15, 0.2) is 0 Å². The Labute approximate surface area is 112 Å². The molecule has 1 aromatic heterocycles. The molecule has 1 heterocycles. The highest BCUT2D eigenvalue weighted by Gasteiger charge is 2.12. The van der Waals surface area contributed by atoms with Crippen LogP contribution in [0.25, 0.3) is 0 Å². The van der Waals surface area contributed by atoms with Gasteiger partial charge in [-0.1, -0.05) is 18.2 Å². The predicted octanol–water partition coefficient (Wildman–Crippen LogP) is 4.36. The first kappa shape index (κ1) is 13.0. The maximum absolute atomic E-state index is 13.2. The highest BCUT2D eigenvalue weighted by atomic mass is 35.5. The van der Waals surface area contributed by atoms with E-state index < -0.39 is 0 Å². The fourth-order valence-electron chi connectivity index (χ4n) is 1.88. The van der Waals surface area contributed by atoms with Crippen LogP contribution in [0, 0.1) is 19.7 Å². The molecule has 2 aromatic rings. The summed E-state index contributed by atoms with van der Waals surface area (Å²) in [7, 11) is 0. The van der Waals surface area contributed by atoms with E-state index in [-0.39, 0.29) is 11.2 Å². The van der Waals surface area contributed by atoms with Gasteiger partial charge in [-0.2, -0.15) is 0 Å². The number of hydrogen-bond acceptors (Lipinski definition) is 1. The number of halogens is 2. The van der Waals surface area contributed by atoms with Gasteiger partial charge in [-0.05, 0) is 42.7 Å². The lowest BCUT2D eigenvalue weighted by atomic mass is 10.0. The molecule has 0 fully saturated rings. The fraction of sp³-hybridized carbons (Fsp3) is 0.267. The lowest BCUT2D eigenvalue weighted by Crippen LogP contribution is -2.01. The summed E-state index contributed by atoms with van der Waals surface area (Å²) in [4.78, 5) is 4.33. The molecule has 0 aliphatic carbocycles. The van der Waals surface area contributed by atoms with Crippen molar-refractivity contribution in [3.05, 3.63) is 64.7 Å². The molecule has 0 saturated carbocycles. The number of alkyl halides is 1. The van der Waals surface area contributed by atoms with Crippen molar-refractivity contribution in [1.82, 2.24) is 4.98 Å². The van der Waals surface area contributed by atoms with E-state index in [4.69, 9.17) is 11.6 Å². The minimum absolute atomic E-state index is 0.183. The van der Waals surface area contributed by atoms with Gasteiger partial charge in [-0.3, -0.25) is 4.98 Å². The predicted molar refractivity (Wildman–Crippen MR) is 72.4 cm³/mol. The van der Waals surface area contributed by atoms with Crippen LogP contribution in [0.1, 0.15) is 27.8 Å². The van der Waals surface area contributed by atoms with Crippen molar-refractivity contribution in [2.45, 2.75) is 25.6 Å². The molecule has 0 aliphatic heterocycles. The van der Waals surface area contributed by atoms with Gasteiger partial charge in [0.2, 0.25) is 0 Å². The smallest absolute Gasteiger partial charge is 0.126 e. The van der Waals surface area contributed by atoms with Crippen molar-refractivity contribution in [1.29, 1.82) is 0 Å². The first-order valence-electron chi connectivity index (χ1n) is 5.88. The zero-order valence-corrected chi connectivity index (χ0v) is 11.2. The quantitative estimate of drug-likeness (QED) is 0.750. The lowest BCUT2D eigenvalue weighted by Gasteiger charge is -2.12. The van der Waals surface area contributed by atoms with Gasteiger partial charge < -0.3 is 0 Å². The van der Waals surface area contributed by atoms with E-state index >= 15 is 0 Å². The molecule has 3 heteroatoms. The summed E-state index contributed by atoms with van der Waals surface area (Å²) < 4.78 is 13.2. The second-order valence-corrected chi connectivity index (χ2v) is 4.97. The Balaban J connectivity index is 2.19. The maximum atomic E-state index is 13.2. The Hall–Kier alpha value is -1.41. The van der Waals surface area contributed by atoms with E-state index in [0.29, 0.717) is 12.0 Å². The molecule has 2 rings (SSSR count). The van der Waals surface area contributed by atoms with Crippen molar-refractivity contribution in [3.8, 4) is 0 Å². The molecule has 0 radical (unpaired) electrons. The summed E-state index contributed by atoms with van der Waals surface area (Å²) >= 11 is 6.37. The van der Waals surface area contributed by atoms with E-state index in [2.05, 4.69) is 4.98 Å². The van der Waals surface area contributed by atoms with Gasteiger partial charge in [-0.15, -0.1) is 11.6 Å². The molecule has 1 aromatic carbocycles. The van der Waals surface area contributed by atoms with Gasteiger partial charge >= 0.3 is 0 Å². The van der Waals surface area contributed by atoms with Crippen LogP contribution in [0.4, 0.5) is 4.39 Å². The van der Waals surface area contributed by atoms with Crippen LogP contribution in [0.3, 0.4) is 0 Å². The maximum Gasteiger partial charge on any atom is 0.126 e. The SMILES string of the molecule is Cc1cc(C(Cl)Cc2ncccc2C)ccc1F. The van der Waals surface area contributed by atoms with Crippen LogP contribution >= 0.6 is 11.6 Å². The number of aromatic nitrogens is 1. The normalized spacial score (nSPS) is 12.4. The molecule has 18 heavy (non-hydrogen) atoms. The van der Waals surface area contributed by atoms with E-state index in [1.54, 1.807) is 25.3 Å². The molecule has 0 saturated heterocycles. The highest BCUT2D eigenvalue weighted by Crippen LogP contribution is 2.26. The molecule has 0 aliphatic rings. The molecule has 0 amide bonds. The largest absolute Gasteiger partial charge is 0.261 e. The molecule has 0 spiro atoms. The minimum Gasteiger partial charge on any atom is -0.261 e. The Morgan fingerprint density at radius 2 is 2.00 bits per heavy atom. The van der Waals surface area contributed by atoms with Gasteiger partial charge in [0.1, 0.15) is 5.82 Å². The molecule has 1 unspecified atom stereocenters. The summed E-state index contributed by atoms with van der Waals surface area (Å²) in [5.41, 5.74) is 3.66. The van der Waals surface area contributed by atoms with Gasteiger partial charge in [0, 0.05) is 18.3 Å². The number of rotatable bonds is 3. The average molecular weight is 264 g/mol.